The van der Waals surface area contributed by atoms with Crippen LogP contribution >= 0.6 is 11.6 Å². The zero-order valence-electron chi connectivity index (χ0n) is 12.5. The van der Waals surface area contributed by atoms with E-state index >= 15 is 0 Å². The summed E-state index contributed by atoms with van der Waals surface area (Å²) in [4.78, 5) is 0. The van der Waals surface area contributed by atoms with Crippen molar-refractivity contribution in [2.24, 2.45) is 10.8 Å². The molecule has 0 heterocycles. The molecule has 1 aliphatic carbocycles. The summed E-state index contributed by atoms with van der Waals surface area (Å²) in [5, 5.41) is 11.8. The summed E-state index contributed by atoms with van der Waals surface area (Å²) in [6.45, 7) is 9.02. The van der Waals surface area contributed by atoms with Crippen molar-refractivity contribution in [2.75, 3.05) is 0 Å². The van der Waals surface area contributed by atoms with E-state index in [1.54, 1.807) is 0 Å². The maximum Gasteiger partial charge on any atom is 0.0698 e. The zero-order valence-corrected chi connectivity index (χ0v) is 13.2. The first kappa shape index (κ1) is 14.9. The monoisotopic (exact) mass is 280 g/mol. The Morgan fingerprint density at radius 2 is 1.53 bits per heavy atom. The second kappa shape index (κ2) is 4.79. The fourth-order valence-corrected chi connectivity index (χ4v) is 4.59. The summed E-state index contributed by atoms with van der Waals surface area (Å²) < 4.78 is 0. The average Bonchev–Trinajstić information content (AvgIpc) is 2.15. The SMILES string of the molecule is CC1(C)CC(C)(C)CC(O)(Cc2ccccc2Cl)C1. The van der Waals surface area contributed by atoms with Crippen molar-refractivity contribution in [3.8, 4) is 0 Å². The van der Waals surface area contributed by atoms with Crippen LogP contribution in [-0.4, -0.2) is 10.7 Å². The maximum atomic E-state index is 11.1. The van der Waals surface area contributed by atoms with Gasteiger partial charge < -0.3 is 5.11 Å². The van der Waals surface area contributed by atoms with Gasteiger partial charge in [0.1, 0.15) is 0 Å². The van der Waals surface area contributed by atoms with Gasteiger partial charge in [0, 0.05) is 11.4 Å². The highest BCUT2D eigenvalue weighted by atomic mass is 35.5. The zero-order chi connectivity index (χ0) is 14.3. The first-order valence-electron chi connectivity index (χ1n) is 7.07. The standard InChI is InChI=1S/C17H25ClO/c1-15(2)10-16(3,4)12-17(19,11-15)9-13-7-5-6-8-14(13)18/h5-8,19H,9-12H2,1-4H3. The molecule has 0 amide bonds. The highest BCUT2D eigenvalue weighted by molar-refractivity contribution is 6.31. The van der Waals surface area contributed by atoms with Crippen molar-refractivity contribution >= 4 is 11.6 Å². The van der Waals surface area contributed by atoms with E-state index in [4.69, 9.17) is 11.6 Å². The van der Waals surface area contributed by atoms with Gasteiger partial charge in [-0.3, -0.25) is 0 Å². The number of rotatable bonds is 2. The lowest BCUT2D eigenvalue weighted by atomic mass is 9.58. The minimum Gasteiger partial charge on any atom is -0.390 e. The summed E-state index contributed by atoms with van der Waals surface area (Å²) in [7, 11) is 0. The van der Waals surface area contributed by atoms with Gasteiger partial charge in [0.2, 0.25) is 0 Å². The molecule has 2 heteroatoms. The lowest BCUT2D eigenvalue weighted by Crippen LogP contribution is -2.47. The topological polar surface area (TPSA) is 20.2 Å². The van der Waals surface area contributed by atoms with E-state index in [1.165, 1.54) is 0 Å². The molecule has 1 aliphatic rings. The third-order valence-electron chi connectivity index (χ3n) is 4.05. The van der Waals surface area contributed by atoms with Gasteiger partial charge in [-0.2, -0.15) is 0 Å². The number of hydrogen-bond donors (Lipinski definition) is 1. The summed E-state index contributed by atoms with van der Waals surface area (Å²) >= 11 is 6.24. The first-order valence-corrected chi connectivity index (χ1v) is 7.45. The quantitative estimate of drug-likeness (QED) is 0.821. The van der Waals surface area contributed by atoms with E-state index in [0.29, 0.717) is 6.42 Å². The average molecular weight is 281 g/mol. The molecule has 1 nitrogen and oxygen atoms in total. The summed E-state index contributed by atoms with van der Waals surface area (Å²) in [5.74, 6) is 0. The molecule has 1 fully saturated rings. The number of aliphatic hydroxyl groups is 1. The lowest BCUT2D eigenvalue weighted by molar-refractivity contribution is -0.0850. The number of halogens is 1. The Hall–Kier alpha value is -0.530. The van der Waals surface area contributed by atoms with E-state index < -0.39 is 5.60 Å². The molecule has 0 saturated heterocycles. The first-order chi connectivity index (χ1) is 8.61. The third-order valence-corrected chi connectivity index (χ3v) is 4.42. The molecular weight excluding hydrogens is 256 g/mol. The molecule has 0 unspecified atom stereocenters. The van der Waals surface area contributed by atoms with Gasteiger partial charge in [0.15, 0.2) is 0 Å². The molecule has 0 aromatic heterocycles. The van der Waals surface area contributed by atoms with Gasteiger partial charge in [0.05, 0.1) is 5.60 Å². The van der Waals surface area contributed by atoms with Gasteiger partial charge in [0.25, 0.3) is 0 Å². The van der Waals surface area contributed by atoms with Crippen LogP contribution in [-0.2, 0) is 6.42 Å². The highest BCUT2D eigenvalue weighted by Crippen LogP contribution is 2.51. The molecule has 1 saturated carbocycles. The molecule has 0 spiro atoms. The Balaban J connectivity index is 2.25. The Morgan fingerprint density at radius 1 is 1.00 bits per heavy atom. The molecule has 0 aliphatic heterocycles. The van der Waals surface area contributed by atoms with Gasteiger partial charge in [-0.15, -0.1) is 0 Å². The predicted molar refractivity (Wildman–Crippen MR) is 81.5 cm³/mol. The van der Waals surface area contributed by atoms with Crippen molar-refractivity contribution in [3.63, 3.8) is 0 Å². The van der Waals surface area contributed by atoms with Gasteiger partial charge in [-0.1, -0.05) is 57.5 Å². The second-order valence-electron chi connectivity index (χ2n) is 7.85. The Bertz CT molecular complexity index is 446. The van der Waals surface area contributed by atoms with Crippen LogP contribution in [0.25, 0.3) is 0 Å². The van der Waals surface area contributed by atoms with E-state index in [-0.39, 0.29) is 10.8 Å². The van der Waals surface area contributed by atoms with Crippen LogP contribution in [0.4, 0.5) is 0 Å². The van der Waals surface area contributed by atoms with Crippen LogP contribution in [0.2, 0.25) is 5.02 Å². The molecule has 2 rings (SSSR count). The third kappa shape index (κ3) is 3.73. The largest absolute Gasteiger partial charge is 0.390 e. The fourth-order valence-electron chi connectivity index (χ4n) is 4.39. The van der Waals surface area contributed by atoms with E-state index in [2.05, 4.69) is 27.7 Å². The number of benzene rings is 1. The minimum atomic E-state index is -0.643. The van der Waals surface area contributed by atoms with E-state index in [1.807, 2.05) is 24.3 Å². The summed E-state index contributed by atoms with van der Waals surface area (Å²) in [6, 6.07) is 7.85. The van der Waals surface area contributed by atoms with Crippen LogP contribution < -0.4 is 0 Å². The Labute approximate surface area is 122 Å². The molecule has 0 atom stereocenters. The van der Waals surface area contributed by atoms with Gasteiger partial charge >= 0.3 is 0 Å². The van der Waals surface area contributed by atoms with Crippen molar-refractivity contribution < 1.29 is 5.11 Å². The van der Waals surface area contributed by atoms with Gasteiger partial charge in [-0.25, -0.2) is 0 Å². The molecule has 106 valence electrons. The van der Waals surface area contributed by atoms with E-state index in [9.17, 15) is 5.11 Å². The van der Waals surface area contributed by atoms with Crippen LogP contribution in [0.1, 0.15) is 52.5 Å². The smallest absolute Gasteiger partial charge is 0.0698 e. The van der Waals surface area contributed by atoms with Crippen molar-refractivity contribution in [3.05, 3.63) is 34.9 Å². The lowest BCUT2D eigenvalue weighted by Gasteiger charge is -2.49. The van der Waals surface area contributed by atoms with Crippen LogP contribution in [0.15, 0.2) is 24.3 Å². The molecule has 0 radical (unpaired) electrons. The predicted octanol–water partition coefficient (Wildman–Crippen LogP) is 4.85. The highest BCUT2D eigenvalue weighted by Gasteiger charge is 2.46. The fraction of sp³-hybridized carbons (Fsp3) is 0.647. The molecule has 0 bridgehead atoms. The molecule has 19 heavy (non-hydrogen) atoms. The Morgan fingerprint density at radius 3 is 2.05 bits per heavy atom. The van der Waals surface area contributed by atoms with Crippen molar-refractivity contribution in [1.82, 2.24) is 0 Å². The van der Waals surface area contributed by atoms with Crippen LogP contribution in [0.5, 0.6) is 0 Å². The van der Waals surface area contributed by atoms with E-state index in [0.717, 1.165) is 29.8 Å². The molecule has 1 aromatic carbocycles. The summed E-state index contributed by atoms with van der Waals surface area (Å²) in [5.41, 5.74) is 0.770. The second-order valence-corrected chi connectivity index (χ2v) is 8.26. The minimum absolute atomic E-state index is 0.178. The Kier molecular flexibility index (Phi) is 3.75. The van der Waals surface area contributed by atoms with Crippen LogP contribution in [0, 0.1) is 10.8 Å². The molecule has 1 N–H and O–H groups in total. The van der Waals surface area contributed by atoms with Crippen LogP contribution in [0.3, 0.4) is 0 Å². The number of hydrogen-bond acceptors (Lipinski definition) is 1. The van der Waals surface area contributed by atoms with Crippen molar-refractivity contribution in [2.45, 2.75) is 59.0 Å². The molecule has 1 aromatic rings. The van der Waals surface area contributed by atoms with Gasteiger partial charge in [-0.05, 0) is 41.7 Å². The summed E-state index contributed by atoms with van der Waals surface area (Å²) in [6.07, 6.45) is 3.49. The van der Waals surface area contributed by atoms with Crippen molar-refractivity contribution in [1.29, 1.82) is 0 Å². The normalized spacial score (nSPS) is 24.1. The molecular formula is C17H25ClO. The maximum absolute atomic E-state index is 11.1.